The van der Waals surface area contributed by atoms with Crippen LogP contribution in [0, 0.1) is 11.3 Å². The normalized spacial score (nSPS) is 15.0. The first-order chi connectivity index (χ1) is 16.7. The average Bonchev–Trinajstić information content (AvgIpc) is 3.33. The van der Waals surface area contributed by atoms with Crippen molar-refractivity contribution in [2.24, 2.45) is 0 Å². The Morgan fingerprint density at radius 2 is 2.03 bits per heavy atom. The van der Waals surface area contributed by atoms with Gasteiger partial charge in [-0.15, -0.1) is 21.5 Å². The van der Waals surface area contributed by atoms with E-state index >= 15 is 0 Å². The van der Waals surface area contributed by atoms with Crippen molar-refractivity contribution >= 4 is 37.6 Å². The molecule has 0 N–H and O–H groups in total. The molecule has 0 spiro atoms. The SMILES string of the molecule is COc1cc(N2CC(F)(F)C2)c(C#N)cc1-c1nccc2cc(S(=O)(=O)Cc3nncs3)ccc12. The van der Waals surface area contributed by atoms with E-state index < -0.39 is 28.8 Å². The van der Waals surface area contributed by atoms with Crippen LogP contribution in [0.1, 0.15) is 10.6 Å². The van der Waals surface area contributed by atoms with E-state index in [1.165, 1.54) is 41.1 Å². The summed E-state index contributed by atoms with van der Waals surface area (Å²) in [6.45, 7) is -0.935. The van der Waals surface area contributed by atoms with Crippen LogP contribution in [0.5, 0.6) is 5.75 Å². The van der Waals surface area contributed by atoms with Crippen molar-refractivity contribution in [1.29, 1.82) is 5.26 Å². The minimum Gasteiger partial charge on any atom is -0.496 e. The number of pyridine rings is 1. The minimum absolute atomic E-state index is 0.135. The van der Waals surface area contributed by atoms with Crippen molar-refractivity contribution in [3.05, 3.63) is 58.7 Å². The molecule has 2 aromatic heterocycles. The van der Waals surface area contributed by atoms with Crippen LogP contribution in [0.4, 0.5) is 14.5 Å². The first-order valence-electron chi connectivity index (χ1n) is 10.3. The lowest BCUT2D eigenvalue weighted by Crippen LogP contribution is -2.56. The molecule has 0 aliphatic carbocycles. The predicted octanol–water partition coefficient (Wildman–Crippen LogP) is 4.06. The van der Waals surface area contributed by atoms with Gasteiger partial charge in [0, 0.05) is 23.2 Å². The Bertz CT molecular complexity index is 1580. The van der Waals surface area contributed by atoms with Crippen LogP contribution >= 0.6 is 11.3 Å². The van der Waals surface area contributed by atoms with Gasteiger partial charge in [-0.3, -0.25) is 4.98 Å². The largest absolute Gasteiger partial charge is 0.496 e. The zero-order valence-electron chi connectivity index (χ0n) is 18.3. The first kappa shape index (κ1) is 23.1. The lowest BCUT2D eigenvalue weighted by Gasteiger charge is -2.41. The number of fused-ring (bicyclic) bond motifs is 1. The highest BCUT2D eigenvalue weighted by Crippen LogP contribution is 2.41. The van der Waals surface area contributed by atoms with Crippen LogP contribution in [-0.4, -0.2) is 49.7 Å². The molecule has 8 nitrogen and oxygen atoms in total. The van der Waals surface area contributed by atoms with E-state index in [1.54, 1.807) is 30.3 Å². The smallest absolute Gasteiger partial charge is 0.282 e. The summed E-state index contributed by atoms with van der Waals surface area (Å²) in [4.78, 5) is 6.02. The molecule has 0 bridgehead atoms. The lowest BCUT2D eigenvalue weighted by molar-refractivity contribution is -0.0263. The zero-order valence-corrected chi connectivity index (χ0v) is 19.9. The van der Waals surface area contributed by atoms with Gasteiger partial charge in [0.15, 0.2) is 9.84 Å². The van der Waals surface area contributed by atoms with Crippen LogP contribution in [0.15, 0.2) is 53.0 Å². The molecule has 0 unspecified atom stereocenters. The van der Waals surface area contributed by atoms with E-state index in [4.69, 9.17) is 4.74 Å². The Hall–Kier alpha value is -3.69. The van der Waals surface area contributed by atoms with Gasteiger partial charge >= 0.3 is 0 Å². The first-order valence-corrected chi connectivity index (χ1v) is 12.9. The summed E-state index contributed by atoms with van der Waals surface area (Å²) in [5, 5.41) is 18.9. The molecule has 0 atom stereocenters. The van der Waals surface area contributed by atoms with Crippen molar-refractivity contribution in [3.8, 4) is 23.1 Å². The molecule has 1 aliphatic rings. The van der Waals surface area contributed by atoms with Crippen LogP contribution in [0.3, 0.4) is 0 Å². The van der Waals surface area contributed by atoms with Gasteiger partial charge in [0.05, 0.1) is 42.0 Å². The lowest BCUT2D eigenvalue weighted by atomic mass is 9.98. The van der Waals surface area contributed by atoms with Gasteiger partial charge in [0.2, 0.25) is 0 Å². The summed E-state index contributed by atoms with van der Waals surface area (Å²) in [7, 11) is -2.20. The fourth-order valence-electron chi connectivity index (χ4n) is 4.03. The van der Waals surface area contributed by atoms with E-state index in [2.05, 4.69) is 21.3 Å². The van der Waals surface area contributed by atoms with Crippen molar-refractivity contribution in [2.45, 2.75) is 16.6 Å². The Kier molecular flexibility index (Phi) is 5.61. The van der Waals surface area contributed by atoms with Gasteiger partial charge in [-0.2, -0.15) is 5.26 Å². The number of alkyl halides is 2. The van der Waals surface area contributed by atoms with Gasteiger partial charge in [-0.25, -0.2) is 17.2 Å². The maximum absolute atomic E-state index is 13.4. The Morgan fingerprint density at radius 3 is 2.69 bits per heavy atom. The van der Waals surface area contributed by atoms with Crippen LogP contribution in [0.2, 0.25) is 0 Å². The molecule has 3 heterocycles. The van der Waals surface area contributed by atoms with E-state index in [0.717, 1.165) is 0 Å². The van der Waals surface area contributed by atoms with Crippen LogP contribution in [0.25, 0.3) is 22.0 Å². The Morgan fingerprint density at radius 1 is 1.23 bits per heavy atom. The summed E-state index contributed by atoms with van der Waals surface area (Å²) < 4.78 is 58.1. The summed E-state index contributed by atoms with van der Waals surface area (Å²) >= 11 is 1.17. The van der Waals surface area contributed by atoms with E-state index in [0.29, 0.717) is 38.5 Å². The Labute approximate surface area is 203 Å². The van der Waals surface area contributed by atoms with Gasteiger partial charge in [-0.05, 0) is 29.7 Å². The fourth-order valence-corrected chi connectivity index (χ4v) is 6.20. The Balaban J connectivity index is 1.58. The number of sulfone groups is 1. The molecule has 0 radical (unpaired) electrons. The molecular weight excluding hydrogens is 496 g/mol. The summed E-state index contributed by atoms with van der Waals surface area (Å²) in [6, 6.07) is 11.6. The molecule has 178 valence electrons. The van der Waals surface area contributed by atoms with Crippen molar-refractivity contribution < 1.29 is 21.9 Å². The van der Waals surface area contributed by atoms with Gasteiger partial charge < -0.3 is 9.64 Å². The van der Waals surface area contributed by atoms with E-state index in [1.807, 2.05) is 0 Å². The summed E-state index contributed by atoms with van der Waals surface area (Å²) in [5.74, 6) is -2.68. The number of benzene rings is 2. The standard InChI is InChI=1S/C23H17F2N5O3S2/c1-33-20-8-19(30-11-23(24,25)12-30)15(9-26)7-18(20)22-17-3-2-16(6-14(17)4-5-27-22)35(31,32)10-21-29-28-13-34-21/h2-8,13H,10-12H2,1H3. The molecule has 1 fully saturated rings. The summed E-state index contributed by atoms with van der Waals surface area (Å²) in [6.07, 6.45) is 1.54. The molecule has 0 amide bonds. The molecule has 2 aromatic carbocycles. The second kappa shape index (κ2) is 8.51. The third-order valence-electron chi connectivity index (χ3n) is 5.69. The monoisotopic (exact) mass is 513 g/mol. The number of hydrogen-bond donors (Lipinski definition) is 0. The van der Waals surface area contributed by atoms with E-state index in [9.17, 15) is 22.5 Å². The number of aromatic nitrogens is 3. The number of ether oxygens (including phenoxy) is 1. The minimum atomic E-state index is -3.64. The fraction of sp³-hybridized carbons (Fsp3) is 0.217. The third-order valence-corrected chi connectivity index (χ3v) is 8.20. The molecule has 0 saturated carbocycles. The van der Waals surface area contributed by atoms with Crippen molar-refractivity contribution in [3.63, 3.8) is 0 Å². The second-order valence-corrected chi connectivity index (χ2v) is 10.9. The summed E-state index contributed by atoms with van der Waals surface area (Å²) in [5.41, 5.74) is 3.03. The highest BCUT2D eigenvalue weighted by molar-refractivity contribution is 7.90. The van der Waals surface area contributed by atoms with Gasteiger partial charge in [0.1, 0.15) is 28.1 Å². The zero-order chi connectivity index (χ0) is 24.8. The highest BCUT2D eigenvalue weighted by atomic mass is 32.2. The molecule has 1 saturated heterocycles. The van der Waals surface area contributed by atoms with E-state index in [-0.39, 0.29) is 16.2 Å². The number of nitriles is 1. The molecule has 12 heteroatoms. The number of rotatable bonds is 6. The second-order valence-electron chi connectivity index (χ2n) is 8.03. The number of anilines is 1. The van der Waals surface area contributed by atoms with Crippen molar-refractivity contribution in [1.82, 2.24) is 15.2 Å². The van der Waals surface area contributed by atoms with Gasteiger partial charge in [0.25, 0.3) is 5.92 Å². The number of nitrogens with zero attached hydrogens (tertiary/aromatic N) is 5. The third kappa shape index (κ3) is 4.28. The maximum Gasteiger partial charge on any atom is 0.282 e. The topological polar surface area (TPSA) is 109 Å². The quantitative estimate of drug-likeness (QED) is 0.380. The molecule has 35 heavy (non-hydrogen) atoms. The van der Waals surface area contributed by atoms with Gasteiger partial charge in [-0.1, -0.05) is 6.07 Å². The van der Waals surface area contributed by atoms with Crippen LogP contribution < -0.4 is 9.64 Å². The molecule has 1 aliphatic heterocycles. The number of halogens is 2. The maximum atomic E-state index is 13.4. The van der Waals surface area contributed by atoms with Crippen LogP contribution in [-0.2, 0) is 15.6 Å². The molecule has 4 aromatic rings. The number of methoxy groups -OCH3 is 1. The van der Waals surface area contributed by atoms with Crippen molar-refractivity contribution in [2.75, 3.05) is 25.1 Å². The molecule has 5 rings (SSSR count). The molecular formula is C23H17F2N5O3S2. The predicted molar refractivity (Wildman–Crippen MR) is 126 cm³/mol. The highest BCUT2D eigenvalue weighted by Gasteiger charge is 2.44. The number of hydrogen-bond acceptors (Lipinski definition) is 9. The average molecular weight is 514 g/mol.